The molecule has 2 aliphatic rings. The maximum absolute atomic E-state index is 15.0. The molecule has 1 unspecified atom stereocenters. The molecule has 0 bridgehead atoms. The monoisotopic (exact) mass is 497 g/mol. The van der Waals surface area contributed by atoms with Gasteiger partial charge < -0.3 is 19.9 Å². The Labute approximate surface area is 209 Å². The Morgan fingerprint density at radius 1 is 1.03 bits per heavy atom. The summed E-state index contributed by atoms with van der Waals surface area (Å²) in [5.41, 5.74) is 2.12. The SMILES string of the molecule is CC(C)N1c2cc(-c3nc(Cc4ccc(N5CCNCC5)c(F)c4)ncc3F)cc(F)c2OCC1C. The van der Waals surface area contributed by atoms with E-state index >= 15 is 4.39 Å². The van der Waals surface area contributed by atoms with E-state index in [4.69, 9.17) is 4.74 Å². The third-order valence-electron chi connectivity index (χ3n) is 6.70. The number of fused-ring (bicyclic) bond motifs is 1. The minimum Gasteiger partial charge on any atom is -0.486 e. The number of benzene rings is 2. The zero-order chi connectivity index (χ0) is 25.4. The van der Waals surface area contributed by atoms with Gasteiger partial charge in [-0.3, -0.25) is 0 Å². The third-order valence-corrected chi connectivity index (χ3v) is 6.70. The van der Waals surface area contributed by atoms with E-state index in [-0.39, 0.29) is 35.8 Å². The molecule has 190 valence electrons. The zero-order valence-corrected chi connectivity index (χ0v) is 20.7. The summed E-state index contributed by atoms with van der Waals surface area (Å²) >= 11 is 0. The minimum atomic E-state index is -0.654. The molecule has 3 aromatic rings. The smallest absolute Gasteiger partial charge is 0.178 e. The summed E-state index contributed by atoms with van der Waals surface area (Å²) in [6, 6.07) is 8.17. The number of aromatic nitrogens is 2. The van der Waals surface area contributed by atoms with E-state index in [2.05, 4.69) is 20.2 Å². The molecule has 5 rings (SSSR count). The first kappa shape index (κ1) is 24.4. The lowest BCUT2D eigenvalue weighted by Crippen LogP contribution is -2.45. The standard InChI is InChI=1S/C27H30F3N5O/c1-16(2)35-17(3)15-36-27-21(29)12-19(13-24(27)35)26-22(30)14-32-25(33-26)11-18-4-5-23(20(28)10-18)34-8-6-31-7-9-34/h4-5,10,12-14,16-17,31H,6-9,11,15H2,1-3H3. The van der Waals surface area contributed by atoms with Crippen molar-refractivity contribution in [1.29, 1.82) is 0 Å². The Hall–Kier alpha value is -3.33. The first-order chi connectivity index (χ1) is 17.3. The fourth-order valence-electron chi connectivity index (χ4n) is 5.06. The lowest BCUT2D eigenvalue weighted by molar-refractivity contribution is 0.252. The highest BCUT2D eigenvalue weighted by Crippen LogP contribution is 2.41. The number of hydrogen-bond acceptors (Lipinski definition) is 6. The summed E-state index contributed by atoms with van der Waals surface area (Å²) in [7, 11) is 0. The molecule has 1 atom stereocenters. The third kappa shape index (κ3) is 4.72. The lowest BCUT2D eigenvalue weighted by atomic mass is 10.0. The van der Waals surface area contributed by atoms with Crippen molar-refractivity contribution in [3.8, 4) is 17.0 Å². The molecule has 36 heavy (non-hydrogen) atoms. The number of piperazine rings is 1. The molecule has 1 N–H and O–H groups in total. The van der Waals surface area contributed by atoms with Crippen LogP contribution in [0.15, 0.2) is 36.5 Å². The summed E-state index contributed by atoms with van der Waals surface area (Å²) in [5.74, 6) is -1.04. The van der Waals surface area contributed by atoms with Crippen molar-refractivity contribution in [3.63, 3.8) is 0 Å². The van der Waals surface area contributed by atoms with E-state index < -0.39 is 11.6 Å². The van der Waals surface area contributed by atoms with Crippen molar-refractivity contribution < 1.29 is 17.9 Å². The molecule has 1 fully saturated rings. The van der Waals surface area contributed by atoms with E-state index in [0.29, 0.717) is 34.9 Å². The Morgan fingerprint density at radius 3 is 2.53 bits per heavy atom. The Balaban J connectivity index is 1.45. The van der Waals surface area contributed by atoms with Crippen LogP contribution in [-0.4, -0.2) is 54.8 Å². The van der Waals surface area contributed by atoms with Crippen molar-refractivity contribution in [2.45, 2.75) is 39.3 Å². The number of ether oxygens (including phenoxy) is 1. The fourth-order valence-corrected chi connectivity index (χ4v) is 5.06. The van der Waals surface area contributed by atoms with Crippen molar-refractivity contribution >= 4 is 11.4 Å². The van der Waals surface area contributed by atoms with Gasteiger partial charge in [-0.15, -0.1) is 0 Å². The molecule has 9 heteroatoms. The molecular weight excluding hydrogens is 467 g/mol. The summed E-state index contributed by atoms with van der Waals surface area (Å²) in [6.07, 6.45) is 1.30. The number of halogens is 3. The molecule has 0 aliphatic carbocycles. The number of nitrogens with zero attached hydrogens (tertiary/aromatic N) is 4. The summed E-state index contributed by atoms with van der Waals surface area (Å²) in [6.45, 7) is 9.54. The highest BCUT2D eigenvalue weighted by molar-refractivity contribution is 5.72. The van der Waals surface area contributed by atoms with Crippen LogP contribution >= 0.6 is 0 Å². The summed E-state index contributed by atoms with van der Waals surface area (Å²) in [5, 5.41) is 3.26. The van der Waals surface area contributed by atoms with E-state index in [9.17, 15) is 8.78 Å². The molecule has 0 amide bonds. The van der Waals surface area contributed by atoms with Gasteiger partial charge in [0, 0.05) is 44.2 Å². The van der Waals surface area contributed by atoms with Crippen LogP contribution in [0, 0.1) is 17.5 Å². The van der Waals surface area contributed by atoms with Gasteiger partial charge in [-0.1, -0.05) is 6.07 Å². The molecule has 0 spiro atoms. The van der Waals surface area contributed by atoms with Crippen LogP contribution in [0.4, 0.5) is 24.5 Å². The Morgan fingerprint density at radius 2 is 1.81 bits per heavy atom. The van der Waals surface area contributed by atoms with Crippen molar-refractivity contribution in [2.75, 3.05) is 42.6 Å². The number of anilines is 2. The normalized spacial score (nSPS) is 17.8. The second-order valence-electron chi connectivity index (χ2n) is 9.65. The van der Waals surface area contributed by atoms with Crippen molar-refractivity contribution in [2.24, 2.45) is 0 Å². The van der Waals surface area contributed by atoms with Gasteiger partial charge in [0.2, 0.25) is 0 Å². The van der Waals surface area contributed by atoms with Gasteiger partial charge in [0.15, 0.2) is 17.4 Å². The van der Waals surface area contributed by atoms with Gasteiger partial charge in [0.25, 0.3) is 0 Å². The zero-order valence-electron chi connectivity index (χ0n) is 20.7. The number of hydrogen-bond donors (Lipinski definition) is 1. The fraction of sp³-hybridized carbons (Fsp3) is 0.407. The van der Waals surface area contributed by atoms with E-state index in [1.807, 2.05) is 31.7 Å². The van der Waals surface area contributed by atoms with Crippen LogP contribution in [-0.2, 0) is 6.42 Å². The molecule has 1 saturated heterocycles. The molecule has 2 aliphatic heterocycles. The van der Waals surface area contributed by atoms with E-state index in [1.165, 1.54) is 12.1 Å². The Bertz CT molecular complexity index is 1260. The molecule has 1 aromatic heterocycles. The highest BCUT2D eigenvalue weighted by atomic mass is 19.1. The second-order valence-corrected chi connectivity index (χ2v) is 9.65. The molecule has 0 radical (unpaired) electrons. The van der Waals surface area contributed by atoms with Crippen LogP contribution < -0.4 is 19.9 Å². The highest BCUT2D eigenvalue weighted by Gasteiger charge is 2.30. The molecule has 6 nitrogen and oxygen atoms in total. The lowest BCUT2D eigenvalue weighted by Gasteiger charge is -2.40. The molecule has 2 aromatic carbocycles. The quantitative estimate of drug-likeness (QED) is 0.558. The van der Waals surface area contributed by atoms with E-state index in [1.54, 1.807) is 12.1 Å². The van der Waals surface area contributed by atoms with Gasteiger partial charge in [-0.05, 0) is 50.6 Å². The minimum absolute atomic E-state index is 0.00143. The van der Waals surface area contributed by atoms with Gasteiger partial charge in [-0.25, -0.2) is 23.1 Å². The maximum atomic E-state index is 15.0. The topological polar surface area (TPSA) is 53.5 Å². The molecular formula is C27H30F3N5O. The molecule has 3 heterocycles. The maximum Gasteiger partial charge on any atom is 0.178 e. The summed E-state index contributed by atoms with van der Waals surface area (Å²) < 4.78 is 50.4. The number of nitrogens with one attached hydrogen (secondary N) is 1. The first-order valence-corrected chi connectivity index (χ1v) is 12.3. The van der Waals surface area contributed by atoms with E-state index in [0.717, 1.165) is 32.4 Å². The van der Waals surface area contributed by atoms with Crippen LogP contribution in [0.1, 0.15) is 32.2 Å². The second kappa shape index (κ2) is 9.97. The average molecular weight is 498 g/mol. The summed E-state index contributed by atoms with van der Waals surface area (Å²) in [4.78, 5) is 12.6. The van der Waals surface area contributed by atoms with Gasteiger partial charge >= 0.3 is 0 Å². The van der Waals surface area contributed by atoms with Crippen LogP contribution in [0.5, 0.6) is 5.75 Å². The van der Waals surface area contributed by atoms with Gasteiger partial charge in [0.05, 0.1) is 23.6 Å². The van der Waals surface area contributed by atoms with Gasteiger partial charge in [0.1, 0.15) is 23.9 Å². The van der Waals surface area contributed by atoms with Crippen LogP contribution in [0.25, 0.3) is 11.3 Å². The largest absolute Gasteiger partial charge is 0.486 e. The predicted molar refractivity (Wildman–Crippen MR) is 134 cm³/mol. The van der Waals surface area contributed by atoms with Crippen molar-refractivity contribution in [3.05, 3.63) is 65.4 Å². The first-order valence-electron chi connectivity index (χ1n) is 12.3. The molecule has 0 saturated carbocycles. The van der Waals surface area contributed by atoms with Gasteiger partial charge in [-0.2, -0.15) is 0 Å². The Kier molecular flexibility index (Phi) is 6.75. The van der Waals surface area contributed by atoms with Crippen LogP contribution in [0.2, 0.25) is 0 Å². The average Bonchev–Trinajstić information content (AvgIpc) is 2.85. The van der Waals surface area contributed by atoms with Crippen LogP contribution in [0.3, 0.4) is 0 Å². The predicted octanol–water partition coefficient (Wildman–Crippen LogP) is 4.56. The van der Waals surface area contributed by atoms with Crippen molar-refractivity contribution in [1.82, 2.24) is 15.3 Å². The number of rotatable bonds is 5.